The van der Waals surface area contributed by atoms with Gasteiger partial charge in [-0.15, -0.1) is 0 Å². The summed E-state index contributed by atoms with van der Waals surface area (Å²) in [5.74, 6) is -7.04. The van der Waals surface area contributed by atoms with Crippen molar-refractivity contribution in [1.82, 2.24) is 67.4 Å². The zero-order valence-electron chi connectivity index (χ0n) is 68.4. The van der Waals surface area contributed by atoms with Crippen molar-refractivity contribution in [2.24, 2.45) is 56.4 Å². The highest BCUT2D eigenvalue weighted by molar-refractivity contribution is 6.31. The Balaban J connectivity index is 0.601. The molecule has 38 nitrogen and oxygen atoms in total. The first-order valence-corrected chi connectivity index (χ1v) is 38.5. The first-order chi connectivity index (χ1) is 57.9. The lowest BCUT2D eigenvalue weighted by molar-refractivity contribution is -0.137. The molecule has 0 aliphatic carbocycles. The van der Waals surface area contributed by atoms with Gasteiger partial charge in [0.2, 0.25) is 35.3 Å². The quantitative estimate of drug-likeness (QED) is 0.0162. The molecule has 10 rings (SSSR count). The van der Waals surface area contributed by atoms with Gasteiger partial charge in [-0.25, -0.2) is 9.97 Å². The fourth-order valence-corrected chi connectivity index (χ4v) is 12.9. The van der Waals surface area contributed by atoms with Crippen molar-refractivity contribution < 1.29 is 80.2 Å². The number of hydrogen-bond donors (Lipinski definition) is 13. The Bertz CT molecular complexity index is 5670. The van der Waals surface area contributed by atoms with Crippen LogP contribution in [0, 0.1) is 0 Å². The Kier molecular flexibility index (Phi) is 29.3. The number of aryl methyl sites for hydroxylation is 8. The van der Waals surface area contributed by atoms with Crippen molar-refractivity contribution >= 4 is 146 Å². The van der Waals surface area contributed by atoms with Gasteiger partial charge in [0.25, 0.3) is 53.2 Å². The van der Waals surface area contributed by atoms with E-state index in [4.69, 9.17) is 16.3 Å². The molecule has 0 fully saturated rings. The molecule has 0 unspecified atom stereocenters. The Morgan fingerprint density at radius 2 is 0.730 bits per heavy atom. The molecule has 0 aliphatic heterocycles. The Hall–Kier alpha value is -14.5. The van der Waals surface area contributed by atoms with Gasteiger partial charge in [0.05, 0.1) is 56.9 Å². The number of carbonyl (C=O) groups is 13. The van der Waals surface area contributed by atoms with Crippen LogP contribution < -0.4 is 73.9 Å². The molecule has 0 spiro atoms. The van der Waals surface area contributed by atoms with Crippen LogP contribution in [-0.2, 0) is 81.7 Å². The molecule has 13 N–H and O–H groups in total. The predicted molar refractivity (Wildman–Crippen MR) is 448 cm³/mol. The minimum absolute atomic E-state index is 0.00201. The third-order valence-corrected chi connectivity index (χ3v) is 19.0. The van der Waals surface area contributed by atoms with Crippen molar-refractivity contribution in [2.45, 2.75) is 64.5 Å². The van der Waals surface area contributed by atoms with Crippen LogP contribution in [0.5, 0.6) is 5.75 Å². The molecule has 0 saturated heterocycles. The number of aromatic nitrogens is 10. The number of nitrogens with one attached hydrogen (secondary N) is 13. The van der Waals surface area contributed by atoms with Gasteiger partial charge in [-0.05, 0) is 126 Å². The number of carbonyl (C=O) groups excluding carboxylic acids is 13. The van der Waals surface area contributed by atoms with E-state index < -0.39 is 81.7 Å². The second kappa shape index (κ2) is 39.8. The molecule has 0 aliphatic rings. The second-order valence-electron chi connectivity index (χ2n) is 28.7. The predicted octanol–water partition coefficient (Wildman–Crippen LogP) is 8.50. The smallest absolute Gasteiger partial charge is 0.417 e. The molecule has 8 aromatic heterocycles. The maximum atomic E-state index is 13.6. The van der Waals surface area contributed by atoms with Crippen LogP contribution in [-0.4, -0.2) is 175 Å². The highest BCUT2D eigenvalue weighted by atomic mass is 35.5. The van der Waals surface area contributed by atoms with Crippen LogP contribution in [0.15, 0.2) is 122 Å². The minimum Gasteiger partial charge on any atom is -0.493 e. The van der Waals surface area contributed by atoms with Gasteiger partial charge in [-0.2, -0.15) is 13.2 Å². The molecular formula is C80H92ClF3N24O14. The number of ether oxygens (including phenoxy) is 1. The zero-order valence-corrected chi connectivity index (χ0v) is 69.1. The van der Waals surface area contributed by atoms with E-state index in [1.807, 2.05) is 19.0 Å². The molecule has 0 atom stereocenters. The topological polar surface area (TPSA) is 456 Å². The molecule has 0 saturated carbocycles. The molecule has 0 bridgehead atoms. The van der Waals surface area contributed by atoms with E-state index in [0.29, 0.717) is 47.5 Å². The molecule has 8 heterocycles. The van der Waals surface area contributed by atoms with Crippen molar-refractivity contribution in [2.75, 3.05) is 100 Å². The maximum absolute atomic E-state index is 13.6. The molecule has 2 aromatic carbocycles. The van der Waals surface area contributed by atoms with Gasteiger partial charge >= 0.3 is 6.18 Å². The fourth-order valence-electron chi connectivity index (χ4n) is 12.7. The number of nitrogens with zero attached hydrogens (tertiary/aromatic N) is 11. The Labute approximate surface area is 701 Å². The van der Waals surface area contributed by atoms with Crippen molar-refractivity contribution in [1.29, 1.82) is 0 Å². The van der Waals surface area contributed by atoms with Crippen LogP contribution in [0.25, 0.3) is 0 Å². The lowest BCUT2D eigenvalue weighted by Gasteiger charge is -2.15. The third kappa shape index (κ3) is 23.9. The number of unbranched alkanes of at least 4 members (excludes halogenated alkanes) is 1. The molecular weight excluding hydrogens is 1610 g/mol. The first-order valence-electron chi connectivity index (χ1n) is 38.1. The number of amides is 13. The highest BCUT2D eigenvalue weighted by Crippen LogP contribution is 2.37. The molecule has 122 heavy (non-hydrogen) atoms. The normalized spacial score (nSPS) is 11.2. The van der Waals surface area contributed by atoms with Gasteiger partial charge in [0.15, 0.2) is 11.6 Å². The summed E-state index contributed by atoms with van der Waals surface area (Å²) >= 11 is 5.72. The van der Waals surface area contributed by atoms with Crippen LogP contribution in [0.4, 0.5) is 70.3 Å². The summed E-state index contributed by atoms with van der Waals surface area (Å²) in [5, 5.41) is 34.6. The lowest BCUT2D eigenvalue weighted by atomic mass is 10.1. The van der Waals surface area contributed by atoms with Crippen LogP contribution in [0.2, 0.25) is 5.02 Å². The minimum atomic E-state index is -4.77. The van der Waals surface area contributed by atoms with Crippen LogP contribution >= 0.6 is 11.6 Å². The zero-order chi connectivity index (χ0) is 88.6. The number of benzene rings is 2. The van der Waals surface area contributed by atoms with E-state index in [9.17, 15) is 75.5 Å². The summed E-state index contributed by atoms with van der Waals surface area (Å²) in [6, 6.07) is 16.1. The molecule has 644 valence electrons. The molecule has 0 radical (unpaired) electrons. The van der Waals surface area contributed by atoms with E-state index in [1.165, 1.54) is 121 Å². The standard InChI is InChI=1S/C80H92ClF3N24O14/c1-12-122-62-23-21-45(29-53(62)71(113)90-46-20-22-55(81)54(30-46)80(82,83)84)88-66(110)18-14-13-17-65(109)85-27-24-68(112)96-63-43-107(10)70(97-63)79(121)99-64-44-108(11)69(98-64)78(120)95-52-36-61(106(9)42-52)77(119)92-48-32-56(101(4)38-48)72(114)86-25-15-19-67(111)89-47-31-58(103(6)37-47)74(116)93-50-34-60(105(8)40-50)76(118)94-51-35-59(104(7)41-51)75(117)91-49-33-57(102(5)39-49)73(115)87-26-16-28-100(2)3/h20-23,29-44H,12-19,24-28H2,1-11H3,(H,85,109)(H,86,114)(H,87,115)(H,88,110)(H,89,111)(H,90,113)(H,91,117)(H,92,119)(H,93,116)(H,94,118)(H,95,120)(H,96,112)(H,99,121). The summed E-state index contributed by atoms with van der Waals surface area (Å²) in [6.07, 6.45) is 8.79. The Morgan fingerprint density at radius 1 is 0.369 bits per heavy atom. The monoisotopic (exact) mass is 1700 g/mol. The average molecular weight is 1710 g/mol. The van der Waals surface area contributed by atoms with E-state index >= 15 is 0 Å². The first kappa shape index (κ1) is 89.8. The second-order valence-corrected chi connectivity index (χ2v) is 29.1. The fraction of sp³-hybridized carbons (Fsp3) is 0.312. The van der Waals surface area contributed by atoms with E-state index in [1.54, 1.807) is 89.2 Å². The van der Waals surface area contributed by atoms with E-state index in [2.05, 4.69) is 79.1 Å². The highest BCUT2D eigenvalue weighted by Gasteiger charge is 2.34. The SMILES string of the molecule is CCOc1ccc(NC(=O)CCCCC(=O)NCCC(=O)Nc2cn(C)c(C(=O)Nc3cn(C)c(C(=O)Nc4cc(C(=O)Nc5cc(C(=O)NCCCC(=O)Nc6cc(C(=O)Nc7cc(C(=O)Nc8cc(C(=O)Nc9cc(C(=O)NCCCN(C)C)n(C)c9)n(C)c8)n(C)c7)n(C)c6)n(C)c5)n(C)c4)n3)n2)cc1C(=O)Nc1ccc(Cl)c(C(F)(F)F)c1. The van der Waals surface area contributed by atoms with Gasteiger partial charge in [0, 0.05) is 163 Å². The lowest BCUT2D eigenvalue weighted by Crippen LogP contribution is -2.28. The number of hydrogen-bond acceptors (Lipinski definition) is 17. The maximum Gasteiger partial charge on any atom is 0.417 e. The third-order valence-electron chi connectivity index (χ3n) is 18.7. The van der Waals surface area contributed by atoms with Crippen LogP contribution in [0.1, 0.15) is 158 Å². The van der Waals surface area contributed by atoms with Crippen molar-refractivity contribution in [3.05, 3.63) is 184 Å². The summed E-state index contributed by atoms with van der Waals surface area (Å²) < 4.78 is 57.8. The molecule has 10 aromatic rings. The van der Waals surface area contributed by atoms with Crippen molar-refractivity contribution in [3.63, 3.8) is 0 Å². The summed E-state index contributed by atoms with van der Waals surface area (Å²) in [7, 11) is 16.7. The number of halogens is 4. The van der Waals surface area contributed by atoms with E-state index in [0.717, 1.165) is 19.0 Å². The number of alkyl halides is 3. The average Bonchev–Trinajstić information content (AvgIpc) is 1.81. The van der Waals surface area contributed by atoms with Gasteiger partial charge < -0.3 is 115 Å². The van der Waals surface area contributed by atoms with Crippen LogP contribution in [0.3, 0.4) is 0 Å². The summed E-state index contributed by atoms with van der Waals surface area (Å²) in [6.45, 7) is 3.20. The van der Waals surface area contributed by atoms with Gasteiger partial charge in [0.1, 0.15) is 39.9 Å². The largest absolute Gasteiger partial charge is 0.493 e. The molecule has 13 amide bonds. The molecule has 42 heteroatoms. The van der Waals surface area contributed by atoms with Crippen molar-refractivity contribution in [3.8, 4) is 5.75 Å². The van der Waals surface area contributed by atoms with Gasteiger partial charge in [-0.1, -0.05) is 11.6 Å². The number of anilines is 10. The number of rotatable bonds is 37. The van der Waals surface area contributed by atoms with Gasteiger partial charge in [-0.3, -0.25) is 62.3 Å². The summed E-state index contributed by atoms with van der Waals surface area (Å²) in [5.41, 5.74) is 1.98. The number of imidazole rings is 2. The van der Waals surface area contributed by atoms with E-state index in [-0.39, 0.29) is 156 Å². The Morgan fingerprint density at radius 3 is 1.17 bits per heavy atom. The summed E-state index contributed by atoms with van der Waals surface area (Å²) in [4.78, 5) is 182.